The van der Waals surface area contributed by atoms with E-state index in [1.165, 1.54) is 16.0 Å². The molecule has 0 amide bonds. The van der Waals surface area contributed by atoms with Gasteiger partial charge in [-0.1, -0.05) is 31.2 Å². The lowest BCUT2D eigenvalue weighted by Gasteiger charge is -2.15. The monoisotopic (exact) mass is 297 g/mol. The van der Waals surface area contributed by atoms with Crippen LogP contribution >= 0.6 is 23.7 Å². The van der Waals surface area contributed by atoms with Crippen molar-refractivity contribution in [2.75, 3.05) is 12.8 Å². The molecule has 1 aromatic carbocycles. The predicted octanol–water partition coefficient (Wildman–Crippen LogP) is 3.34. The van der Waals surface area contributed by atoms with Gasteiger partial charge in [-0.15, -0.1) is 23.7 Å². The number of benzene rings is 1. The van der Waals surface area contributed by atoms with Gasteiger partial charge in [0, 0.05) is 24.2 Å². The van der Waals surface area contributed by atoms with E-state index in [1.807, 2.05) is 6.20 Å². The quantitative estimate of drug-likeness (QED) is 0.920. The fraction of sp³-hybridized carbons (Fsp3) is 0.357. The van der Waals surface area contributed by atoms with Gasteiger partial charge in [0.25, 0.3) is 0 Å². The van der Waals surface area contributed by atoms with Crippen molar-refractivity contribution in [1.82, 2.24) is 9.88 Å². The molecule has 0 aliphatic carbocycles. The average molecular weight is 298 g/mol. The first-order chi connectivity index (χ1) is 8.67. The van der Waals surface area contributed by atoms with Crippen LogP contribution in [0.25, 0.3) is 0 Å². The van der Waals surface area contributed by atoms with Gasteiger partial charge < -0.3 is 5.73 Å². The van der Waals surface area contributed by atoms with Crippen LogP contribution in [-0.4, -0.2) is 16.9 Å². The third-order valence-electron chi connectivity index (χ3n) is 2.88. The van der Waals surface area contributed by atoms with E-state index in [9.17, 15) is 0 Å². The van der Waals surface area contributed by atoms with Gasteiger partial charge in [-0.05, 0) is 24.6 Å². The number of halogens is 1. The van der Waals surface area contributed by atoms with Gasteiger partial charge in [0.2, 0.25) is 0 Å². The van der Waals surface area contributed by atoms with Crippen molar-refractivity contribution in [1.29, 1.82) is 0 Å². The minimum absolute atomic E-state index is 0. The first-order valence-electron chi connectivity index (χ1n) is 6.14. The summed E-state index contributed by atoms with van der Waals surface area (Å²) in [4.78, 5) is 7.55. The third kappa shape index (κ3) is 4.82. The standard InChI is InChI=1S/C14H19N3S.ClH/c1-3-11-4-6-12(7-5-11)9-17(2)10-13-8-16-14(15)18-13;/h4-8H,3,9-10H2,1-2H3,(H2,15,16);1H. The highest BCUT2D eigenvalue weighted by molar-refractivity contribution is 7.15. The summed E-state index contributed by atoms with van der Waals surface area (Å²) < 4.78 is 0. The predicted molar refractivity (Wildman–Crippen MR) is 84.8 cm³/mol. The van der Waals surface area contributed by atoms with Crippen molar-refractivity contribution in [3.63, 3.8) is 0 Å². The Bertz CT molecular complexity index is 496. The van der Waals surface area contributed by atoms with E-state index in [2.05, 4.69) is 48.1 Å². The number of nitrogens with zero attached hydrogens (tertiary/aromatic N) is 2. The summed E-state index contributed by atoms with van der Waals surface area (Å²) >= 11 is 1.56. The maximum absolute atomic E-state index is 5.63. The first kappa shape index (κ1) is 16.0. The van der Waals surface area contributed by atoms with Crippen molar-refractivity contribution in [3.8, 4) is 0 Å². The van der Waals surface area contributed by atoms with E-state index < -0.39 is 0 Å². The number of thiazole rings is 1. The molecule has 0 saturated heterocycles. The van der Waals surface area contributed by atoms with Gasteiger partial charge in [-0.25, -0.2) is 4.98 Å². The number of aryl methyl sites for hydroxylation is 1. The Morgan fingerprint density at radius 3 is 2.32 bits per heavy atom. The number of nitrogens with two attached hydrogens (primary N) is 1. The molecule has 0 fully saturated rings. The smallest absolute Gasteiger partial charge is 0.180 e. The zero-order chi connectivity index (χ0) is 13.0. The largest absolute Gasteiger partial charge is 0.375 e. The molecule has 104 valence electrons. The molecule has 0 bridgehead atoms. The summed E-state index contributed by atoms with van der Waals surface area (Å²) in [5.41, 5.74) is 8.35. The second-order valence-corrected chi connectivity index (χ2v) is 5.65. The second kappa shape index (κ2) is 7.48. The summed E-state index contributed by atoms with van der Waals surface area (Å²) in [6.45, 7) is 4.02. The van der Waals surface area contributed by atoms with Crippen LogP contribution in [0, 0.1) is 0 Å². The molecule has 0 atom stereocenters. The lowest BCUT2D eigenvalue weighted by atomic mass is 10.1. The molecule has 0 radical (unpaired) electrons. The molecule has 1 heterocycles. The molecule has 1 aromatic heterocycles. The fourth-order valence-electron chi connectivity index (χ4n) is 1.91. The molecule has 2 rings (SSSR count). The van der Waals surface area contributed by atoms with E-state index in [-0.39, 0.29) is 12.4 Å². The molecule has 0 unspecified atom stereocenters. The Hall–Kier alpha value is -1.10. The highest BCUT2D eigenvalue weighted by Crippen LogP contribution is 2.17. The Balaban J connectivity index is 0.00000180. The fourth-order valence-corrected chi connectivity index (χ4v) is 2.67. The number of anilines is 1. The summed E-state index contributed by atoms with van der Waals surface area (Å²) in [7, 11) is 2.11. The molecule has 0 aliphatic rings. The number of nitrogen functional groups attached to an aromatic ring is 1. The van der Waals surface area contributed by atoms with E-state index in [4.69, 9.17) is 5.73 Å². The lowest BCUT2D eigenvalue weighted by molar-refractivity contribution is 0.322. The van der Waals surface area contributed by atoms with Gasteiger partial charge in [0.1, 0.15) is 0 Å². The maximum Gasteiger partial charge on any atom is 0.180 e. The molecule has 0 spiro atoms. The molecule has 3 nitrogen and oxygen atoms in total. The third-order valence-corrected chi connectivity index (χ3v) is 3.69. The van der Waals surface area contributed by atoms with Crippen LogP contribution in [0.15, 0.2) is 30.5 Å². The van der Waals surface area contributed by atoms with E-state index in [0.717, 1.165) is 19.5 Å². The summed E-state index contributed by atoms with van der Waals surface area (Å²) in [6.07, 6.45) is 2.95. The minimum atomic E-state index is 0. The van der Waals surface area contributed by atoms with E-state index >= 15 is 0 Å². The molecular weight excluding hydrogens is 278 g/mol. The second-order valence-electron chi connectivity index (χ2n) is 4.51. The molecule has 0 saturated carbocycles. The Morgan fingerprint density at radius 1 is 1.16 bits per heavy atom. The van der Waals surface area contributed by atoms with Gasteiger partial charge in [-0.2, -0.15) is 0 Å². The van der Waals surface area contributed by atoms with Crippen molar-refractivity contribution in [3.05, 3.63) is 46.5 Å². The van der Waals surface area contributed by atoms with Gasteiger partial charge in [0.15, 0.2) is 5.13 Å². The molecule has 0 aliphatic heterocycles. The van der Waals surface area contributed by atoms with Crippen LogP contribution in [0.1, 0.15) is 22.9 Å². The topological polar surface area (TPSA) is 42.2 Å². The van der Waals surface area contributed by atoms with Crippen molar-refractivity contribution < 1.29 is 0 Å². The van der Waals surface area contributed by atoms with Crippen LogP contribution in [0.5, 0.6) is 0 Å². The zero-order valence-electron chi connectivity index (χ0n) is 11.3. The number of aromatic nitrogens is 1. The SMILES string of the molecule is CCc1ccc(CN(C)Cc2cnc(N)s2)cc1.Cl. The van der Waals surface area contributed by atoms with Crippen LogP contribution in [0.3, 0.4) is 0 Å². The van der Waals surface area contributed by atoms with Crippen LogP contribution in [-0.2, 0) is 19.5 Å². The molecule has 19 heavy (non-hydrogen) atoms. The number of hydrogen-bond donors (Lipinski definition) is 1. The summed E-state index contributed by atoms with van der Waals surface area (Å²) in [6, 6.07) is 8.81. The number of hydrogen-bond acceptors (Lipinski definition) is 4. The zero-order valence-corrected chi connectivity index (χ0v) is 12.9. The summed E-state index contributed by atoms with van der Waals surface area (Å²) in [5.74, 6) is 0. The normalized spacial score (nSPS) is 10.5. The molecule has 5 heteroatoms. The Labute approximate surface area is 124 Å². The highest BCUT2D eigenvalue weighted by atomic mass is 35.5. The Kier molecular flexibility index (Phi) is 6.28. The van der Waals surface area contributed by atoms with E-state index in [1.54, 1.807) is 11.3 Å². The molecule has 2 N–H and O–H groups in total. The van der Waals surface area contributed by atoms with Crippen LogP contribution < -0.4 is 5.73 Å². The molecular formula is C14H20ClN3S. The number of rotatable bonds is 5. The van der Waals surface area contributed by atoms with Crippen molar-refractivity contribution >= 4 is 28.9 Å². The van der Waals surface area contributed by atoms with Crippen molar-refractivity contribution in [2.24, 2.45) is 0 Å². The average Bonchev–Trinajstić information content (AvgIpc) is 2.75. The van der Waals surface area contributed by atoms with Gasteiger partial charge >= 0.3 is 0 Å². The lowest BCUT2D eigenvalue weighted by Crippen LogP contribution is -2.16. The van der Waals surface area contributed by atoms with Crippen molar-refractivity contribution in [2.45, 2.75) is 26.4 Å². The van der Waals surface area contributed by atoms with E-state index in [0.29, 0.717) is 5.13 Å². The van der Waals surface area contributed by atoms with Crippen LogP contribution in [0.2, 0.25) is 0 Å². The van der Waals surface area contributed by atoms with Crippen LogP contribution in [0.4, 0.5) is 5.13 Å². The first-order valence-corrected chi connectivity index (χ1v) is 6.95. The molecule has 2 aromatic rings. The maximum atomic E-state index is 5.63. The van der Waals surface area contributed by atoms with Gasteiger partial charge in [-0.3, -0.25) is 4.90 Å². The summed E-state index contributed by atoms with van der Waals surface area (Å²) in [5, 5.41) is 0.644. The van der Waals surface area contributed by atoms with Gasteiger partial charge in [0.05, 0.1) is 0 Å². The highest BCUT2D eigenvalue weighted by Gasteiger charge is 2.04. The Morgan fingerprint density at radius 2 is 1.79 bits per heavy atom. The minimum Gasteiger partial charge on any atom is -0.375 e.